The second-order valence-electron chi connectivity index (χ2n) is 15.4. The highest BCUT2D eigenvalue weighted by Crippen LogP contribution is 2.09. The standard InChI is InChI=1S/C14H30O7S2.C11H24O6S2.2C10H22O5S2/c15-9-13(17)11-22-7-5-20-3-1-19-2-4-21-6-8-23-12-14(18)10-16;12-5-9(14)7-18-3-1-17-2-4-19-8-11(16)10(15)6-13;2*11-5-9(13)7-16-3-1-15-2-4-17-8-10(14)6-12/h13-18H,1-12H2;9-16H,1-8H2;2*9-14H,1-8H2. The van der Waals surface area contributed by atoms with Gasteiger partial charge in [0.15, 0.2) is 0 Å². The van der Waals surface area contributed by atoms with Crippen LogP contribution in [0, 0.1) is 0 Å². The van der Waals surface area contributed by atoms with E-state index in [1.807, 2.05) is 0 Å². The van der Waals surface area contributed by atoms with Gasteiger partial charge in [0.05, 0.1) is 181 Å². The van der Waals surface area contributed by atoms with E-state index in [1.165, 1.54) is 23.5 Å². The Morgan fingerprint density at radius 3 is 0.526 bits per heavy atom. The highest BCUT2D eigenvalue weighted by Gasteiger charge is 2.14. The lowest BCUT2D eigenvalue weighted by atomic mass is 10.2. The van der Waals surface area contributed by atoms with Gasteiger partial charge in [0.2, 0.25) is 0 Å². The molecule has 76 heavy (non-hydrogen) atoms. The first-order valence-corrected chi connectivity index (χ1v) is 34.0. The molecular weight excluding hydrogens is 1170 g/mol. The quantitative estimate of drug-likeness (QED) is 0.0259. The molecule has 464 valence electrons. The third kappa shape index (κ3) is 73.9. The first kappa shape index (κ1) is 84.3. The van der Waals surface area contributed by atoms with Gasteiger partial charge in [-0.15, -0.1) is 0 Å². The van der Waals surface area contributed by atoms with E-state index in [4.69, 9.17) is 110 Å². The van der Waals surface area contributed by atoms with Gasteiger partial charge in [-0.2, -0.15) is 94.1 Å². The van der Waals surface area contributed by atoms with Crippen LogP contribution < -0.4 is 0 Å². The van der Waals surface area contributed by atoms with Crippen molar-refractivity contribution < 1.29 is 115 Å². The van der Waals surface area contributed by atoms with Crippen LogP contribution in [0.2, 0.25) is 0 Å². The Labute approximate surface area is 485 Å². The Bertz CT molecular complexity index is 977. The molecule has 0 radical (unpaired) electrons. The van der Waals surface area contributed by atoms with Gasteiger partial charge >= 0.3 is 0 Å². The van der Waals surface area contributed by atoms with Crippen molar-refractivity contribution in [3.8, 4) is 0 Å². The molecule has 0 aliphatic carbocycles. The molecule has 0 aliphatic rings. The third-order valence-electron chi connectivity index (χ3n) is 8.29. The van der Waals surface area contributed by atoms with Gasteiger partial charge in [0.25, 0.3) is 0 Å². The molecule has 0 aliphatic heterocycles. The smallest absolute Gasteiger partial charge is 0.104 e. The van der Waals surface area contributed by atoms with E-state index in [0.29, 0.717) is 131 Å². The summed E-state index contributed by atoms with van der Waals surface area (Å²) in [5, 5.41) is 151. The van der Waals surface area contributed by atoms with Crippen molar-refractivity contribution in [2.24, 2.45) is 0 Å². The number of aliphatic hydroxyl groups is 17. The minimum Gasteiger partial charge on any atom is -0.394 e. The molecule has 0 aromatic heterocycles. The Morgan fingerprint density at radius 2 is 0.355 bits per heavy atom. The summed E-state index contributed by atoms with van der Waals surface area (Å²) in [4.78, 5) is 0. The van der Waals surface area contributed by atoms with Crippen LogP contribution >= 0.6 is 94.1 Å². The summed E-state index contributed by atoms with van der Waals surface area (Å²) in [6.07, 6.45) is -6.53. The Hall–Kier alpha value is 1.88. The predicted molar refractivity (Wildman–Crippen MR) is 314 cm³/mol. The average molecular weight is 1260 g/mol. The first-order chi connectivity index (χ1) is 36.7. The number of hydrogen-bond donors (Lipinski definition) is 17. The lowest BCUT2D eigenvalue weighted by Crippen LogP contribution is -2.31. The van der Waals surface area contributed by atoms with Crippen molar-refractivity contribution >= 4 is 94.1 Å². The molecule has 23 nitrogen and oxygen atoms in total. The first-order valence-electron chi connectivity index (χ1n) is 24.8. The van der Waals surface area contributed by atoms with Gasteiger partial charge in [-0.25, -0.2) is 0 Å². The number of ether oxygens (including phenoxy) is 6. The largest absolute Gasteiger partial charge is 0.394 e. The van der Waals surface area contributed by atoms with Gasteiger partial charge in [-0.3, -0.25) is 0 Å². The van der Waals surface area contributed by atoms with Crippen molar-refractivity contribution in [1.82, 2.24) is 0 Å². The number of hydrogen-bond acceptors (Lipinski definition) is 31. The third-order valence-corrected chi connectivity index (χ3v) is 16.9. The zero-order valence-corrected chi connectivity index (χ0v) is 50.5. The topological polar surface area (TPSA) is 399 Å². The second-order valence-corrected chi connectivity index (χ2v) is 24.6. The van der Waals surface area contributed by atoms with E-state index in [0.717, 1.165) is 40.3 Å². The van der Waals surface area contributed by atoms with Crippen molar-refractivity contribution in [3.05, 3.63) is 0 Å². The lowest BCUT2D eigenvalue weighted by molar-refractivity contribution is -0.00192. The number of thioether (sulfide) groups is 8. The molecule has 9 unspecified atom stereocenters. The monoisotopic (exact) mass is 1260 g/mol. The fraction of sp³-hybridized carbons (Fsp3) is 1.00. The Balaban J connectivity index is -0.000000458. The molecule has 0 rings (SSSR count). The van der Waals surface area contributed by atoms with E-state index in [1.54, 1.807) is 70.6 Å². The highest BCUT2D eigenvalue weighted by molar-refractivity contribution is 8.00. The molecule has 0 spiro atoms. The molecule has 9 atom stereocenters. The zero-order chi connectivity index (χ0) is 57.6. The second kappa shape index (κ2) is 71.1. The zero-order valence-electron chi connectivity index (χ0n) is 44.0. The van der Waals surface area contributed by atoms with Crippen molar-refractivity contribution in [2.75, 3.05) is 224 Å². The summed E-state index contributed by atoms with van der Waals surface area (Å²) in [7, 11) is 0. The van der Waals surface area contributed by atoms with Crippen LogP contribution in [0.4, 0.5) is 0 Å². The van der Waals surface area contributed by atoms with Crippen LogP contribution in [0.25, 0.3) is 0 Å². The van der Waals surface area contributed by atoms with E-state index in [2.05, 4.69) is 0 Å². The van der Waals surface area contributed by atoms with E-state index in [9.17, 15) is 5.11 Å². The maximum absolute atomic E-state index is 9.35. The molecule has 0 aromatic rings. The lowest BCUT2D eigenvalue weighted by Gasteiger charge is -2.14. The molecule has 0 heterocycles. The van der Waals surface area contributed by atoms with Gasteiger partial charge < -0.3 is 115 Å². The van der Waals surface area contributed by atoms with Gasteiger partial charge in [0.1, 0.15) is 6.10 Å². The SMILES string of the molecule is OCC(O)CSCCOCCOCCOCCSCC(O)CO.OCC(O)CSCCOCCSCC(O)C(O)CO.OCC(O)CSCCOCCSCC(O)CO.OCC(O)CSCCOCCSCC(O)CO. The maximum Gasteiger partial charge on any atom is 0.104 e. The summed E-state index contributed by atoms with van der Waals surface area (Å²) < 4.78 is 32.1. The summed E-state index contributed by atoms with van der Waals surface area (Å²) in [5.41, 5.74) is 0. The van der Waals surface area contributed by atoms with Crippen LogP contribution in [0.15, 0.2) is 0 Å². The molecule has 0 amide bonds. The summed E-state index contributed by atoms with van der Waals surface area (Å²) in [6, 6.07) is 0. The summed E-state index contributed by atoms with van der Waals surface area (Å²) in [5.74, 6) is 10.2. The van der Waals surface area contributed by atoms with Crippen molar-refractivity contribution in [2.45, 2.75) is 54.9 Å². The molecule has 0 fully saturated rings. The average Bonchev–Trinajstić information content (AvgIpc) is 3.44. The van der Waals surface area contributed by atoms with Crippen LogP contribution in [0.1, 0.15) is 0 Å². The van der Waals surface area contributed by atoms with Gasteiger partial charge in [-0.05, 0) is 0 Å². The number of aliphatic hydroxyl groups excluding tert-OH is 17. The Morgan fingerprint density at radius 1 is 0.197 bits per heavy atom. The normalized spacial score (nSPS) is 15.0. The van der Waals surface area contributed by atoms with Crippen LogP contribution in [-0.2, 0) is 28.4 Å². The van der Waals surface area contributed by atoms with Crippen molar-refractivity contribution in [3.63, 3.8) is 0 Å². The van der Waals surface area contributed by atoms with E-state index < -0.39 is 61.5 Å². The summed E-state index contributed by atoms with van der Waals surface area (Å²) >= 11 is 12.2. The molecule has 31 heteroatoms. The fourth-order valence-electron chi connectivity index (χ4n) is 4.13. The van der Waals surface area contributed by atoms with Crippen molar-refractivity contribution in [1.29, 1.82) is 0 Å². The molecular formula is C45H98O23S8. The van der Waals surface area contributed by atoms with Gasteiger partial charge in [0, 0.05) is 92.0 Å². The molecule has 0 aromatic carbocycles. The van der Waals surface area contributed by atoms with Crippen LogP contribution in [-0.4, -0.2) is 366 Å². The van der Waals surface area contributed by atoms with Gasteiger partial charge in [-0.1, -0.05) is 0 Å². The minimum atomic E-state index is -1.08. The Kier molecular flexibility index (Phi) is 78.9. The predicted octanol–water partition coefficient (Wildman–Crippen LogP) is -3.90. The summed E-state index contributed by atoms with van der Waals surface area (Å²) in [6.45, 7) is 5.04. The van der Waals surface area contributed by atoms with Crippen LogP contribution in [0.5, 0.6) is 0 Å². The molecule has 0 bridgehead atoms. The van der Waals surface area contributed by atoms with E-state index in [-0.39, 0.29) is 46.2 Å². The molecule has 17 N–H and O–H groups in total. The van der Waals surface area contributed by atoms with E-state index >= 15 is 0 Å². The minimum absolute atomic E-state index is 0.197. The highest BCUT2D eigenvalue weighted by atomic mass is 32.2. The fourth-order valence-corrected chi connectivity index (χ4v) is 10.5. The van der Waals surface area contributed by atoms with Crippen LogP contribution in [0.3, 0.4) is 0 Å². The number of rotatable bonds is 55. The molecule has 0 saturated carbocycles. The maximum atomic E-state index is 9.35. The molecule has 0 saturated heterocycles.